The maximum absolute atomic E-state index is 13.0. The van der Waals surface area contributed by atoms with E-state index in [1.54, 1.807) is 0 Å². The fourth-order valence-electron chi connectivity index (χ4n) is 9.77. The first kappa shape index (κ1) is 82.7. The first-order valence-corrected chi connectivity index (χ1v) is 35.7. The number of carbonyl (C=O) groups is 3. The van der Waals surface area contributed by atoms with E-state index in [-0.39, 0.29) is 32.2 Å². The predicted molar refractivity (Wildman–Crippen MR) is 373 cm³/mol. The van der Waals surface area contributed by atoms with Crippen LogP contribution in [0, 0.1) is 0 Å². The van der Waals surface area contributed by atoms with Gasteiger partial charge in [-0.1, -0.05) is 296 Å². The Morgan fingerprint density at radius 3 is 0.977 bits per heavy atom. The maximum Gasteiger partial charge on any atom is 0.361 e. The number of ether oxygens (including phenoxy) is 4. The van der Waals surface area contributed by atoms with Crippen molar-refractivity contribution >= 4 is 17.9 Å². The van der Waals surface area contributed by atoms with Gasteiger partial charge in [-0.25, -0.2) is 4.79 Å². The summed E-state index contributed by atoms with van der Waals surface area (Å²) in [5.41, 5.74) is 0. The van der Waals surface area contributed by atoms with Gasteiger partial charge in [0.2, 0.25) is 0 Å². The van der Waals surface area contributed by atoms with Crippen molar-refractivity contribution in [2.24, 2.45) is 0 Å². The van der Waals surface area contributed by atoms with Gasteiger partial charge < -0.3 is 28.5 Å². The molecule has 0 aromatic carbocycles. The predicted octanol–water partition coefficient (Wildman–Crippen LogP) is 22.4. The standard InChI is InChI=1S/C78H133NO8/c1-6-8-10-12-14-16-18-20-22-24-26-28-30-32-34-36-38-40-42-44-46-48-50-52-54-56-58-60-62-64-66-68-75(80)85-72-74(73-86-78(77(82)83)84-71-70-79(3,4)5)87-76(81)69-67-65-63-61-59-57-55-53-51-49-47-45-43-41-39-37-35-33-31-29-27-25-23-21-19-17-15-13-11-9-7-2/h9,11,15,17-18,20-21,23-24,26-27,29-30,32-33,35,39,41,45,47,74,78H,6-8,10,12-14,16,19,22,25,28,31,34,36-38,40,42-44,46,48-73H2,1-5H3/p+1/b11-9-,17-15-,20-18-,23-21-,26-24-,29-27-,32-30-,35-33-,41-39-,47-45-. The lowest BCUT2D eigenvalue weighted by atomic mass is 10.0. The van der Waals surface area contributed by atoms with E-state index in [1.807, 2.05) is 21.1 Å². The quantitative estimate of drug-likeness (QED) is 0.0211. The number of rotatable bonds is 65. The summed E-state index contributed by atoms with van der Waals surface area (Å²) in [6.45, 7) is 4.76. The average Bonchev–Trinajstić information content (AvgIpc) is 3.56. The Hall–Kier alpha value is -4.31. The Labute approximate surface area is 536 Å². The van der Waals surface area contributed by atoms with Crippen LogP contribution in [0.1, 0.15) is 296 Å². The number of likely N-dealkylation sites (N-methyl/N-ethyl adjacent to an activating group) is 1. The Bertz CT molecular complexity index is 1840. The number of aliphatic carboxylic acids is 1. The number of carboxylic acid groups (broad SMARTS) is 1. The van der Waals surface area contributed by atoms with E-state index >= 15 is 0 Å². The highest BCUT2D eigenvalue weighted by atomic mass is 16.7. The fraction of sp³-hybridized carbons (Fsp3) is 0.705. The molecule has 1 N–H and O–H groups in total. The van der Waals surface area contributed by atoms with Crippen molar-refractivity contribution in [3.63, 3.8) is 0 Å². The summed E-state index contributed by atoms with van der Waals surface area (Å²) in [7, 11) is 5.97. The molecule has 0 amide bonds. The number of hydrogen-bond donors (Lipinski definition) is 1. The zero-order valence-corrected chi connectivity index (χ0v) is 56.9. The van der Waals surface area contributed by atoms with E-state index in [0.717, 1.165) is 103 Å². The number of unbranched alkanes of at least 4 members (excludes halogenated alkanes) is 30. The molecule has 0 aromatic heterocycles. The number of esters is 2. The molecular weight excluding hydrogens is 1080 g/mol. The van der Waals surface area contributed by atoms with Crippen molar-refractivity contribution < 1.29 is 42.9 Å². The van der Waals surface area contributed by atoms with E-state index in [0.29, 0.717) is 23.9 Å². The molecule has 2 unspecified atom stereocenters. The Balaban J connectivity index is 4.15. The third-order valence-corrected chi connectivity index (χ3v) is 15.2. The van der Waals surface area contributed by atoms with Gasteiger partial charge in [0.05, 0.1) is 34.4 Å². The van der Waals surface area contributed by atoms with Crippen molar-refractivity contribution in [3.05, 3.63) is 122 Å². The molecule has 0 aliphatic heterocycles. The lowest BCUT2D eigenvalue weighted by molar-refractivity contribution is -0.870. The van der Waals surface area contributed by atoms with Crippen LogP contribution in [0.2, 0.25) is 0 Å². The average molecular weight is 1210 g/mol. The molecule has 87 heavy (non-hydrogen) atoms. The van der Waals surface area contributed by atoms with Crippen LogP contribution in [0.3, 0.4) is 0 Å². The van der Waals surface area contributed by atoms with Gasteiger partial charge in [0.1, 0.15) is 13.2 Å². The maximum atomic E-state index is 13.0. The highest BCUT2D eigenvalue weighted by Crippen LogP contribution is 2.17. The van der Waals surface area contributed by atoms with E-state index in [1.165, 1.54) is 161 Å². The molecule has 0 saturated carbocycles. The molecular formula is C78H134NO8+. The summed E-state index contributed by atoms with van der Waals surface area (Å²) in [5.74, 6) is -2.01. The van der Waals surface area contributed by atoms with Crippen LogP contribution in [0.15, 0.2) is 122 Å². The van der Waals surface area contributed by atoms with Crippen molar-refractivity contribution in [2.75, 3.05) is 47.5 Å². The van der Waals surface area contributed by atoms with Gasteiger partial charge in [-0.3, -0.25) is 9.59 Å². The van der Waals surface area contributed by atoms with Crippen LogP contribution < -0.4 is 0 Å². The Kier molecular flexibility index (Phi) is 64.3. The van der Waals surface area contributed by atoms with Gasteiger partial charge in [-0.05, 0) is 109 Å². The van der Waals surface area contributed by atoms with Crippen LogP contribution in [-0.2, 0) is 33.3 Å². The van der Waals surface area contributed by atoms with Gasteiger partial charge in [0.15, 0.2) is 6.10 Å². The lowest BCUT2D eigenvalue weighted by Crippen LogP contribution is -2.40. The molecule has 0 aliphatic carbocycles. The van der Waals surface area contributed by atoms with Gasteiger partial charge in [-0.2, -0.15) is 0 Å². The molecule has 0 aliphatic rings. The minimum Gasteiger partial charge on any atom is -0.477 e. The molecule has 0 saturated heterocycles. The molecule has 0 fully saturated rings. The number of nitrogens with zero attached hydrogens (tertiary/aromatic N) is 1. The smallest absolute Gasteiger partial charge is 0.361 e. The first-order valence-electron chi connectivity index (χ1n) is 35.7. The number of carboxylic acids is 1. The topological polar surface area (TPSA) is 108 Å². The van der Waals surface area contributed by atoms with Crippen LogP contribution in [0.4, 0.5) is 0 Å². The second-order valence-corrected chi connectivity index (χ2v) is 24.8. The second-order valence-electron chi connectivity index (χ2n) is 24.8. The molecule has 9 heteroatoms. The molecule has 0 radical (unpaired) electrons. The first-order chi connectivity index (χ1) is 42.6. The molecule has 0 heterocycles. The highest BCUT2D eigenvalue weighted by molar-refractivity contribution is 5.71. The van der Waals surface area contributed by atoms with Crippen LogP contribution >= 0.6 is 0 Å². The van der Waals surface area contributed by atoms with Crippen LogP contribution in [0.25, 0.3) is 0 Å². The monoisotopic (exact) mass is 1210 g/mol. The summed E-state index contributed by atoms with van der Waals surface area (Å²) in [6, 6.07) is 0. The van der Waals surface area contributed by atoms with Gasteiger partial charge in [0.25, 0.3) is 6.29 Å². The molecule has 2 atom stereocenters. The van der Waals surface area contributed by atoms with Gasteiger partial charge in [0, 0.05) is 12.8 Å². The highest BCUT2D eigenvalue weighted by Gasteiger charge is 2.25. The van der Waals surface area contributed by atoms with Crippen molar-refractivity contribution in [2.45, 2.75) is 309 Å². The Morgan fingerprint density at radius 2 is 0.655 bits per heavy atom. The minimum absolute atomic E-state index is 0.182. The van der Waals surface area contributed by atoms with E-state index < -0.39 is 24.3 Å². The summed E-state index contributed by atoms with van der Waals surface area (Å²) >= 11 is 0. The molecule has 498 valence electrons. The van der Waals surface area contributed by atoms with Crippen molar-refractivity contribution in [3.8, 4) is 0 Å². The van der Waals surface area contributed by atoms with Crippen molar-refractivity contribution in [1.82, 2.24) is 0 Å². The van der Waals surface area contributed by atoms with E-state index in [9.17, 15) is 19.5 Å². The van der Waals surface area contributed by atoms with Crippen LogP contribution in [-0.4, -0.2) is 87.4 Å². The van der Waals surface area contributed by atoms with Crippen molar-refractivity contribution in [1.29, 1.82) is 0 Å². The molecule has 0 spiro atoms. The zero-order valence-electron chi connectivity index (χ0n) is 56.9. The van der Waals surface area contributed by atoms with Crippen LogP contribution in [0.5, 0.6) is 0 Å². The number of carbonyl (C=O) groups excluding carboxylic acids is 2. The molecule has 0 aromatic rings. The second kappa shape index (κ2) is 67.6. The third kappa shape index (κ3) is 69.0. The fourth-order valence-corrected chi connectivity index (χ4v) is 9.77. The summed E-state index contributed by atoms with van der Waals surface area (Å²) < 4.78 is 23.0. The largest absolute Gasteiger partial charge is 0.477 e. The van der Waals surface area contributed by atoms with E-state index in [2.05, 4.69) is 135 Å². The number of quaternary nitrogens is 1. The Morgan fingerprint density at radius 1 is 0.356 bits per heavy atom. The minimum atomic E-state index is -1.52. The summed E-state index contributed by atoms with van der Waals surface area (Å²) in [4.78, 5) is 37.7. The SMILES string of the molecule is CC/C=C\C/C=C\C/C=C\C/C=C\C/C=C\C/C=C\C/C=C\CCCCCCCCCCCC(=O)OC(COC(=O)CCCCCCCCCCCCCCCCCC/C=C\C/C=C\C/C=C\CCCCCCC)COC(OCC[N+](C)(C)C)C(=O)O. The van der Waals surface area contributed by atoms with Gasteiger partial charge >= 0.3 is 17.9 Å². The van der Waals surface area contributed by atoms with Gasteiger partial charge in [-0.15, -0.1) is 0 Å². The summed E-state index contributed by atoms with van der Waals surface area (Å²) in [6.07, 6.45) is 93.1. The number of hydrogen-bond acceptors (Lipinski definition) is 7. The third-order valence-electron chi connectivity index (χ3n) is 15.2. The normalized spacial score (nSPS) is 13.4. The molecule has 0 rings (SSSR count). The molecule has 9 nitrogen and oxygen atoms in total. The molecule has 0 bridgehead atoms. The summed E-state index contributed by atoms with van der Waals surface area (Å²) in [5, 5.41) is 9.75. The van der Waals surface area contributed by atoms with E-state index in [4.69, 9.17) is 18.9 Å². The zero-order chi connectivity index (χ0) is 63.3. The lowest BCUT2D eigenvalue weighted by Gasteiger charge is -2.25. The number of allylic oxidation sites excluding steroid dienone is 20.